The maximum Gasteiger partial charge on any atom is 0.243 e. The molecule has 0 atom stereocenters. The molecule has 0 fully saturated rings. The molecule has 0 unspecified atom stereocenters. The normalized spacial score (nSPS) is 11.9. The molecule has 0 radical (unpaired) electrons. The van der Waals surface area contributed by atoms with Crippen molar-refractivity contribution in [3.63, 3.8) is 0 Å². The Morgan fingerprint density at radius 3 is 2.28 bits per heavy atom. The lowest BCUT2D eigenvalue weighted by Crippen LogP contribution is -2.37. The summed E-state index contributed by atoms with van der Waals surface area (Å²) in [5.74, 6) is 0.355. The Bertz CT molecular complexity index is 1120. The minimum absolute atomic E-state index is 0.00191. The average Bonchev–Trinajstić information content (AvgIpc) is 2.77. The molecule has 2 aromatic rings. The summed E-state index contributed by atoms with van der Waals surface area (Å²) in [5.41, 5.74) is 0.495. The highest BCUT2D eigenvalue weighted by Gasteiger charge is 2.25. The number of benzene rings is 2. The Hall–Kier alpha value is -2.63. The van der Waals surface area contributed by atoms with Crippen molar-refractivity contribution in [2.75, 3.05) is 43.6 Å². The molecule has 176 valence electrons. The van der Waals surface area contributed by atoms with E-state index in [2.05, 4.69) is 5.32 Å². The van der Waals surface area contributed by atoms with Crippen molar-refractivity contribution in [1.82, 2.24) is 4.31 Å². The summed E-state index contributed by atoms with van der Waals surface area (Å²) in [6.07, 6.45) is 0. The maximum atomic E-state index is 13.0. The summed E-state index contributed by atoms with van der Waals surface area (Å²) in [5, 5.41) is 2.66. The molecule has 0 aromatic heterocycles. The lowest BCUT2D eigenvalue weighted by molar-refractivity contribution is -0.116. The molecule has 0 saturated heterocycles. The molecule has 11 heteroatoms. The SMILES string of the molecule is CCN(CC(=O)Nc1cccc(OC)c1)S(=O)(=O)c1ccc(OCCS(=O)(=O)CC)cc1. The molecule has 0 bridgehead atoms. The van der Waals surface area contributed by atoms with Crippen LogP contribution in [0, 0.1) is 0 Å². The second kappa shape index (κ2) is 11.3. The van der Waals surface area contributed by atoms with Crippen LogP contribution in [0.3, 0.4) is 0 Å². The third-order valence-electron chi connectivity index (χ3n) is 4.59. The fraction of sp³-hybridized carbons (Fsp3) is 0.381. The number of sulfone groups is 1. The molecule has 0 aliphatic carbocycles. The van der Waals surface area contributed by atoms with Crippen LogP contribution < -0.4 is 14.8 Å². The number of ether oxygens (including phenoxy) is 2. The number of nitrogens with zero attached hydrogens (tertiary/aromatic N) is 1. The predicted molar refractivity (Wildman–Crippen MR) is 122 cm³/mol. The number of carbonyl (C=O) groups is 1. The number of likely N-dealkylation sites (N-methyl/N-ethyl adjacent to an activating group) is 1. The van der Waals surface area contributed by atoms with Gasteiger partial charge in [-0.3, -0.25) is 4.79 Å². The number of carbonyl (C=O) groups excluding carboxylic acids is 1. The van der Waals surface area contributed by atoms with E-state index in [4.69, 9.17) is 9.47 Å². The number of nitrogens with one attached hydrogen (secondary N) is 1. The van der Waals surface area contributed by atoms with Crippen molar-refractivity contribution >= 4 is 31.5 Å². The number of hydrogen-bond acceptors (Lipinski definition) is 7. The highest BCUT2D eigenvalue weighted by atomic mass is 32.2. The predicted octanol–water partition coefficient (Wildman–Crippen LogP) is 2.16. The monoisotopic (exact) mass is 484 g/mol. The van der Waals surface area contributed by atoms with Crippen LogP contribution in [0.2, 0.25) is 0 Å². The van der Waals surface area contributed by atoms with Gasteiger partial charge in [-0.05, 0) is 36.4 Å². The highest BCUT2D eigenvalue weighted by Crippen LogP contribution is 2.20. The van der Waals surface area contributed by atoms with Crippen LogP contribution in [0.25, 0.3) is 0 Å². The maximum absolute atomic E-state index is 13.0. The molecule has 32 heavy (non-hydrogen) atoms. The van der Waals surface area contributed by atoms with Crippen LogP contribution in [-0.4, -0.2) is 65.4 Å². The molecule has 1 amide bonds. The van der Waals surface area contributed by atoms with E-state index >= 15 is 0 Å². The van der Waals surface area contributed by atoms with Gasteiger partial charge in [-0.25, -0.2) is 16.8 Å². The Morgan fingerprint density at radius 2 is 1.69 bits per heavy atom. The van der Waals surface area contributed by atoms with Gasteiger partial charge in [0.25, 0.3) is 0 Å². The van der Waals surface area contributed by atoms with E-state index < -0.39 is 25.8 Å². The number of sulfonamides is 1. The number of rotatable bonds is 12. The van der Waals surface area contributed by atoms with Crippen molar-refractivity contribution in [2.24, 2.45) is 0 Å². The molecule has 1 N–H and O–H groups in total. The second-order valence-corrected chi connectivity index (χ2v) is 11.2. The Morgan fingerprint density at radius 1 is 1.00 bits per heavy atom. The third kappa shape index (κ3) is 7.21. The van der Waals surface area contributed by atoms with E-state index in [9.17, 15) is 21.6 Å². The van der Waals surface area contributed by atoms with Gasteiger partial charge in [0.2, 0.25) is 15.9 Å². The highest BCUT2D eigenvalue weighted by molar-refractivity contribution is 7.91. The standard InChI is InChI=1S/C21H28N2O7S2/c1-4-23(16-21(24)22-17-7-6-8-19(15-17)29-3)32(27,28)20-11-9-18(10-12-20)30-13-14-31(25,26)5-2/h6-12,15H,4-5,13-14,16H2,1-3H3,(H,22,24). The zero-order valence-corrected chi connectivity index (χ0v) is 19.9. The number of anilines is 1. The van der Waals surface area contributed by atoms with Crippen LogP contribution in [-0.2, 0) is 24.7 Å². The minimum atomic E-state index is -3.92. The second-order valence-electron chi connectivity index (χ2n) is 6.77. The third-order valence-corrected chi connectivity index (χ3v) is 8.19. The largest absolute Gasteiger partial charge is 0.497 e. The first-order chi connectivity index (χ1) is 15.1. The number of methoxy groups -OCH3 is 1. The van der Waals surface area contributed by atoms with Gasteiger partial charge in [-0.15, -0.1) is 0 Å². The summed E-state index contributed by atoms with van der Waals surface area (Å²) >= 11 is 0. The van der Waals surface area contributed by atoms with Gasteiger partial charge >= 0.3 is 0 Å². The van der Waals surface area contributed by atoms with Crippen LogP contribution in [0.4, 0.5) is 5.69 Å². The van der Waals surface area contributed by atoms with Gasteiger partial charge in [-0.1, -0.05) is 19.9 Å². The van der Waals surface area contributed by atoms with E-state index in [1.807, 2.05) is 0 Å². The van der Waals surface area contributed by atoms with E-state index in [1.54, 1.807) is 38.1 Å². The molecule has 2 aromatic carbocycles. The van der Waals surface area contributed by atoms with Crippen molar-refractivity contribution in [1.29, 1.82) is 0 Å². The van der Waals surface area contributed by atoms with Gasteiger partial charge in [-0.2, -0.15) is 4.31 Å². The quantitative estimate of drug-likeness (QED) is 0.490. The summed E-state index contributed by atoms with van der Waals surface area (Å²) in [4.78, 5) is 12.4. The Kier molecular flexibility index (Phi) is 9.05. The zero-order chi connectivity index (χ0) is 23.8. The average molecular weight is 485 g/mol. The minimum Gasteiger partial charge on any atom is -0.497 e. The summed E-state index contributed by atoms with van der Waals surface area (Å²) in [6, 6.07) is 12.4. The summed E-state index contributed by atoms with van der Waals surface area (Å²) in [6.45, 7) is 2.92. The van der Waals surface area contributed by atoms with Gasteiger partial charge in [0.05, 0.1) is 24.3 Å². The van der Waals surface area contributed by atoms with E-state index in [-0.39, 0.29) is 36.1 Å². The first-order valence-electron chi connectivity index (χ1n) is 9.98. The zero-order valence-electron chi connectivity index (χ0n) is 18.3. The molecule has 0 aliphatic heterocycles. The van der Waals surface area contributed by atoms with E-state index in [1.165, 1.54) is 31.4 Å². The summed E-state index contributed by atoms with van der Waals surface area (Å²) in [7, 11) is -5.56. The van der Waals surface area contributed by atoms with E-state index in [0.29, 0.717) is 17.2 Å². The van der Waals surface area contributed by atoms with Crippen molar-refractivity contribution < 1.29 is 31.1 Å². The molecular weight excluding hydrogens is 456 g/mol. The van der Waals surface area contributed by atoms with Crippen molar-refractivity contribution in [3.8, 4) is 11.5 Å². The number of amides is 1. The lowest BCUT2D eigenvalue weighted by Gasteiger charge is -2.20. The molecule has 0 spiro atoms. The molecule has 0 heterocycles. The first-order valence-corrected chi connectivity index (χ1v) is 13.2. The smallest absolute Gasteiger partial charge is 0.243 e. The molecular formula is C21H28N2O7S2. The topological polar surface area (TPSA) is 119 Å². The Labute approximate surface area is 189 Å². The molecule has 0 saturated carbocycles. The van der Waals surface area contributed by atoms with Gasteiger partial charge in [0.1, 0.15) is 18.1 Å². The summed E-state index contributed by atoms with van der Waals surface area (Å²) < 4.78 is 60.5. The molecule has 0 aliphatic rings. The van der Waals surface area contributed by atoms with Crippen LogP contribution in [0.1, 0.15) is 13.8 Å². The van der Waals surface area contributed by atoms with Gasteiger partial charge in [0, 0.05) is 24.1 Å². The van der Waals surface area contributed by atoms with E-state index in [0.717, 1.165) is 4.31 Å². The molecule has 2 rings (SSSR count). The van der Waals surface area contributed by atoms with Crippen molar-refractivity contribution in [2.45, 2.75) is 18.7 Å². The van der Waals surface area contributed by atoms with Crippen LogP contribution >= 0.6 is 0 Å². The van der Waals surface area contributed by atoms with Gasteiger partial charge < -0.3 is 14.8 Å². The van der Waals surface area contributed by atoms with Crippen molar-refractivity contribution in [3.05, 3.63) is 48.5 Å². The Balaban J connectivity index is 2.03. The first kappa shape index (κ1) is 25.6. The number of hydrogen-bond donors (Lipinski definition) is 1. The fourth-order valence-electron chi connectivity index (χ4n) is 2.72. The lowest BCUT2D eigenvalue weighted by atomic mass is 10.3. The van der Waals surface area contributed by atoms with Gasteiger partial charge in [0.15, 0.2) is 9.84 Å². The molecule has 9 nitrogen and oxygen atoms in total. The van der Waals surface area contributed by atoms with Crippen LogP contribution in [0.15, 0.2) is 53.4 Å². The van der Waals surface area contributed by atoms with Crippen LogP contribution in [0.5, 0.6) is 11.5 Å². The fourth-order valence-corrected chi connectivity index (χ4v) is 4.75.